The number of hydrogen-bond acceptors (Lipinski definition) is 3. The Morgan fingerprint density at radius 3 is 2.74 bits per heavy atom. The van der Waals surface area contributed by atoms with E-state index < -0.39 is 0 Å². The van der Waals surface area contributed by atoms with E-state index in [-0.39, 0.29) is 24.6 Å². The molecule has 1 aliphatic heterocycles. The number of rotatable bonds is 8. The maximum atomic E-state index is 6.14. The van der Waals surface area contributed by atoms with E-state index in [0.717, 1.165) is 19.3 Å². The van der Waals surface area contributed by atoms with E-state index in [2.05, 4.69) is 39.5 Å². The lowest BCUT2D eigenvalue weighted by Crippen LogP contribution is -2.46. The summed E-state index contributed by atoms with van der Waals surface area (Å²) in [5.74, 6) is 0.471. The molecule has 2 rings (SSSR count). The molecule has 0 spiro atoms. The van der Waals surface area contributed by atoms with Gasteiger partial charge in [-0.1, -0.05) is 43.3 Å². The summed E-state index contributed by atoms with van der Waals surface area (Å²) in [6.45, 7) is 10.8. The summed E-state index contributed by atoms with van der Waals surface area (Å²) in [4.78, 5) is 0. The van der Waals surface area contributed by atoms with Gasteiger partial charge in [0.15, 0.2) is 6.29 Å². The molecule has 0 radical (unpaired) electrons. The monoisotopic (exact) mass is 318 g/mol. The van der Waals surface area contributed by atoms with Gasteiger partial charge in [-0.25, -0.2) is 0 Å². The van der Waals surface area contributed by atoms with Crippen molar-refractivity contribution in [2.75, 3.05) is 0 Å². The van der Waals surface area contributed by atoms with Crippen LogP contribution in [-0.2, 0) is 20.8 Å². The van der Waals surface area contributed by atoms with Crippen LogP contribution in [0.2, 0.25) is 0 Å². The van der Waals surface area contributed by atoms with E-state index in [9.17, 15) is 0 Å². The molecule has 0 amide bonds. The fourth-order valence-corrected chi connectivity index (χ4v) is 2.80. The summed E-state index contributed by atoms with van der Waals surface area (Å²) in [5, 5.41) is 0. The van der Waals surface area contributed by atoms with Crippen LogP contribution in [0.25, 0.3) is 0 Å². The van der Waals surface area contributed by atoms with E-state index >= 15 is 0 Å². The first kappa shape index (κ1) is 18.2. The fraction of sp³-hybridized carbons (Fsp3) is 0.600. The average Bonchev–Trinajstić information content (AvgIpc) is 2.55. The second kappa shape index (κ2) is 9.21. The van der Waals surface area contributed by atoms with Crippen LogP contribution in [0.4, 0.5) is 0 Å². The van der Waals surface area contributed by atoms with Crippen LogP contribution >= 0.6 is 0 Å². The van der Waals surface area contributed by atoms with Crippen LogP contribution in [0.3, 0.4) is 0 Å². The van der Waals surface area contributed by atoms with Crippen molar-refractivity contribution in [1.29, 1.82) is 0 Å². The highest BCUT2D eigenvalue weighted by molar-refractivity contribution is 5.13. The van der Waals surface area contributed by atoms with E-state index in [1.807, 2.05) is 24.3 Å². The molecule has 128 valence electrons. The molecule has 1 heterocycles. The quantitative estimate of drug-likeness (QED) is 0.649. The van der Waals surface area contributed by atoms with Crippen LogP contribution in [0.1, 0.15) is 45.6 Å². The van der Waals surface area contributed by atoms with Gasteiger partial charge in [0.2, 0.25) is 0 Å². The molecule has 1 saturated heterocycles. The largest absolute Gasteiger partial charge is 0.368 e. The van der Waals surface area contributed by atoms with Crippen molar-refractivity contribution in [3.63, 3.8) is 0 Å². The van der Waals surface area contributed by atoms with Crippen LogP contribution in [0.5, 0.6) is 0 Å². The Kier molecular flexibility index (Phi) is 7.28. The van der Waals surface area contributed by atoms with Gasteiger partial charge in [-0.2, -0.15) is 0 Å². The number of ether oxygens (including phenoxy) is 3. The van der Waals surface area contributed by atoms with Gasteiger partial charge in [-0.05, 0) is 44.6 Å². The van der Waals surface area contributed by atoms with Gasteiger partial charge >= 0.3 is 0 Å². The molecule has 0 N–H and O–H groups in total. The Labute approximate surface area is 140 Å². The molecule has 5 atom stereocenters. The first-order valence-corrected chi connectivity index (χ1v) is 8.67. The Morgan fingerprint density at radius 2 is 2.04 bits per heavy atom. The topological polar surface area (TPSA) is 27.7 Å². The van der Waals surface area contributed by atoms with Gasteiger partial charge in [0.05, 0.1) is 18.8 Å². The molecule has 1 fully saturated rings. The lowest BCUT2D eigenvalue weighted by atomic mass is 9.95. The zero-order valence-corrected chi connectivity index (χ0v) is 14.6. The predicted molar refractivity (Wildman–Crippen MR) is 93.1 cm³/mol. The standard InChI is InChI=1S/C20H30O3/c1-5-6-10-16(3)22-20-19(13-15(2)17(4)23-20)21-14-18-11-8-7-9-12-18/h5,7-9,11-12,15-17,19-20H,1,6,10,13-14H2,2-4H3/t15-,16-,17?,19?,20-/m1/s1. The van der Waals surface area contributed by atoms with Crippen molar-refractivity contribution < 1.29 is 14.2 Å². The Morgan fingerprint density at radius 1 is 1.30 bits per heavy atom. The molecule has 1 aromatic carbocycles. The molecule has 1 aliphatic rings. The Hall–Kier alpha value is -1.16. The number of allylic oxidation sites excluding steroid dienone is 1. The van der Waals surface area contributed by atoms with Gasteiger partial charge in [0.25, 0.3) is 0 Å². The highest BCUT2D eigenvalue weighted by Gasteiger charge is 2.36. The van der Waals surface area contributed by atoms with Crippen LogP contribution < -0.4 is 0 Å². The van der Waals surface area contributed by atoms with Gasteiger partial charge in [-0.15, -0.1) is 6.58 Å². The van der Waals surface area contributed by atoms with Crippen molar-refractivity contribution in [3.05, 3.63) is 48.6 Å². The first-order valence-electron chi connectivity index (χ1n) is 8.67. The summed E-state index contributed by atoms with van der Waals surface area (Å²) in [7, 11) is 0. The third kappa shape index (κ3) is 5.76. The van der Waals surface area contributed by atoms with Crippen molar-refractivity contribution in [2.24, 2.45) is 5.92 Å². The lowest BCUT2D eigenvalue weighted by molar-refractivity contribution is -0.275. The van der Waals surface area contributed by atoms with Crippen LogP contribution in [0.15, 0.2) is 43.0 Å². The zero-order chi connectivity index (χ0) is 16.7. The fourth-order valence-electron chi connectivity index (χ4n) is 2.80. The normalized spacial score (nSPS) is 29.2. The van der Waals surface area contributed by atoms with Crippen molar-refractivity contribution >= 4 is 0 Å². The minimum Gasteiger partial charge on any atom is -0.368 e. The van der Waals surface area contributed by atoms with Crippen molar-refractivity contribution in [1.82, 2.24) is 0 Å². The third-order valence-electron chi connectivity index (χ3n) is 4.51. The number of hydrogen-bond donors (Lipinski definition) is 0. The molecule has 0 aromatic heterocycles. The molecule has 0 saturated carbocycles. The number of benzene rings is 1. The zero-order valence-electron chi connectivity index (χ0n) is 14.6. The van der Waals surface area contributed by atoms with Gasteiger partial charge in [-0.3, -0.25) is 0 Å². The van der Waals surface area contributed by atoms with Crippen LogP contribution in [-0.4, -0.2) is 24.6 Å². The summed E-state index contributed by atoms with van der Waals surface area (Å²) in [6.07, 6.45) is 4.83. The molecule has 3 nitrogen and oxygen atoms in total. The van der Waals surface area contributed by atoms with E-state index in [0.29, 0.717) is 12.5 Å². The first-order chi connectivity index (χ1) is 11.1. The van der Waals surface area contributed by atoms with Gasteiger partial charge in [0, 0.05) is 0 Å². The van der Waals surface area contributed by atoms with E-state index in [1.165, 1.54) is 5.56 Å². The minimum absolute atomic E-state index is 0.0208. The molecular formula is C20H30O3. The Bertz CT molecular complexity index is 459. The highest BCUT2D eigenvalue weighted by Crippen LogP contribution is 2.29. The summed E-state index contributed by atoms with van der Waals surface area (Å²) < 4.78 is 18.3. The third-order valence-corrected chi connectivity index (χ3v) is 4.51. The van der Waals surface area contributed by atoms with Crippen molar-refractivity contribution in [2.45, 2.75) is 71.2 Å². The molecule has 1 aromatic rings. The molecule has 2 unspecified atom stereocenters. The smallest absolute Gasteiger partial charge is 0.184 e. The second-order valence-electron chi connectivity index (χ2n) is 6.57. The minimum atomic E-state index is -0.287. The van der Waals surface area contributed by atoms with Crippen LogP contribution in [0, 0.1) is 5.92 Å². The SMILES string of the molecule is C=CCC[C@@H](C)O[C@@H]1OC(C)[C@H](C)CC1OCc1ccccc1. The predicted octanol–water partition coefficient (Wildman–Crippen LogP) is 4.71. The molecule has 0 aliphatic carbocycles. The molecular weight excluding hydrogens is 288 g/mol. The van der Waals surface area contributed by atoms with Gasteiger partial charge in [0.1, 0.15) is 6.10 Å². The lowest BCUT2D eigenvalue weighted by Gasteiger charge is -2.39. The van der Waals surface area contributed by atoms with Gasteiger partial charge < -0.3 is 14.2 Å². The summed E-state index contributed by atoms with van der Waals surface area (Å²) in [5.41, 5.74) is 1.18. The summed E-state index contributed by atoms with van der Waals surface area (Å²) >= 11 is 0. The maximum Gasteiger partial charge on any atom is 0.184 e. The maximum absolute atomic E-state index is 6.14. The second-order valence-corrected chi connectivity index (χ2v) is 6.57. The van der Waals surface area contributed by atoms with Crippen molar-refractivity contribution in [3.8, 4) is 0 Å². The average molecular weight is 318 g/mol. The van der Waals surface area contributed by atoms with E-state index in [4.69, 9.17) is 14.2 Å². The summed E-state index contributed by atoms with van der Waals surface area (Å²) in [6, 6.07) is 10.2. The Balaban J connectivity index is 1.93. The molecule has 3 heteroatoms. The highest BCUT2D eigenvalue weighted by atomic mass is 16.7. The van der Waals surface area contributed by atoms with E-state index in [1.54, 1.807) is 0 Å². The molecule has 23 heavy (non-hydrogen) atoms. The molecule has 0 bridgehead atoms.